The van der Waals surface area contributed by atoms with E-state index in [9.17, 15) is 14.4 Å². The first-order valence-corrected chi connectivity index (χ1v) is 9.37. The number of ether oxygens (including phenoxy) is 3. The number of hydrogen-bond acceptors (Lipinski definition) is 6. The summed E-state index contributed by atoms with van der Waals surface area (Å²) in [5.41, 5.74) is 1.17. The molecule has 0 radical (unpaired) electrons. The van der Waals surface area contributed by atoms with Crippen LogP contribution < -0.4 is 24.8 Å². The summed E-state index contributed by atoms with van der Waals surface area (Å²) in [5, 5.41) is 4.97. The lowest BCUT2D eigenvalue weighted by molar-refractivity contribution is -0.118. The minimum absolute atomic E-state index is 0.172. The summed E-state index contributed by atoms with van der Waals surface area (Å²) in [7, 11) is 1.53. The first-order chi connectivity index (χ1) is 15.0. The van der Waals surface area contributed by atoms with E-state index in [1.165, 1.54) is 13.2 Å². The van der Waals surface area contributed by atoms with Crippen molar-refractivity contribution in [3.8, 4) is 23.0 Å². The number of anilines is 1. The first kappa shape index (κ1) is 20.0. The quantitative estimate of drug-likeness (QED) is 0.570. The summed E-state index contributed by atoms with van der Waals surface area (Å²) in [6.45, 7) is -0.172. The highest BCUT2D eigenvalue weighted by atomic mass is 16.5. The van der Waals surface area contributed by atoms with Gasteiger partial charge < -0.3 is 19.5 Å². The number of benzene rings is 3. The number of para-hydroxylation sites is 2. The molecule has 0 unspecified atom stereocenters. The highest BCUT2D eigenvalue weighted by molar-refractivity contribution is 6.21. The molecule has 3 amide bonds. The SMILES string of the molecule is COc1ccccc1OCC(=O)Nc1ccc(Oc2ccc3c(c2)C(=O)NC3=O)cc1. The second kappa shape index (κ2) is 8.58. The summed E-state index contributed by atoms with van der Waals surface area (Å²) in [6, 6.07) is 18.5. The van der Waals surface area contributed by atoms with Crippen LogP contribution in [0, 0.1) is 0 Å². The van der Waals surface area contributed by atoms with Crippen molar-refractivity contribution < 1.29 is 28.6 Å². The topological polar surface area (TPSA) is 103 Å². The lowest BCUT2D eigenvalue weighted by Crippen LogP contribution is -2.20. The van der Waals surface area contributed by atoms with E-state index in [1.807, 2.05) is 6.07 Å². The molecular formula is C23H18N2O6. The maximum Gasteiger partial charge on any atom is 0.262 e. The number of rotatable bonds is 7. The van der Waals surface area contributed by atoms with E-state index in [-0.39, 0.29) is 18.1 Å². The van der Waals surface area contributed by atoms with Crippen LogP contribution in [0.3, 0.4) is 0 Å². The number of imide groups is 1. The number of amides is 3. The normalized spacial score (nSPS) is 12.0. The van der Waals surface area contributed by atoms with Gasteiger partial charge in [-0.1, -0.05) is 12.1 Å². The van der Waals surface area contributed by atoms with Gasteiger partial charge in [0.25, 0.3) is 17.7 Å². The number of carbonyl (C=O) groups is 3. The minimum atomic E-state index is -0.446. The third-order valence-electron chi connectivity index (χ3n) is 4.51. The molecule has 31 heavy (non-hydrogen) atoms. The molecular weight excluding hydrogens is 400 g/mol. The molecule has 0 saturated carbocycles. The first-order valence-electron chi connectivity index (χ1n) is 9.37. The molecule has 2 N–H and O–H groups in total. The number of hydrogen-bond donors (Lipinski definition) is 2. The Kier molecular flexibility index (Phi) is 5.53. The molecule has 3 aromatic rings. The second-order valence-electron chi connectivity index (χ2n) is 6.60. The number of carbonyl (C=O) groups excluding carboxylic acids is 3. The zero-order chi connectivity index (χ0) is 21.8. The average molecular weight is 418 g/mol. The van der Waals surface area contributed by atoms with E-state index in [2.05, 4.69) is 10.6 Å². The van der Waals surface area contributed by atoms with Gasteiger partial charge in [-0.25, -0.2) is 0 Å². The highest BCUT2D eigenvalue weighted by Gasteiger charge is 2.26. The van der Waals surface area contributed by atoms with Gasteiger partial charge in [0.15, 0.2) is 18.1 Å². The Balaban J connectivity index is 1.34. The van der Waals surface area contributed by atoms with Crippen LogP contribution in [-0.4, -0.2) is 31.4 Å². The zero-order valence-electron chi connectivity index (χ0n) is 16.5. The Morgan fingerprint density at radius 3 is 2.29 bits per heavy atom. The molecule has 0 fully saturated rings. The predicted molar refractivity (Wildman–Crippen MR) is 112 cm³/mol. The van der Waals surface area contributed by atoms with Gasteiger partial charge in [-0.2, -0.15) is 0 Å². The third-order valence-corrected chi connectivity index (χ3v) is 4.51. The summed E-state index contributed by atoms with van der Waals surface area (Å²) in [4.78, 5) is 35.5. The fourth-order valence-corrected chi connectivity index (χ4v) is 3.03. The van der Waals surface area contributed by atoms with E-state index in [4.69, 9.17) is 14.2 Å². The van der Waals surface area contributed by atoms with Crippen molar-refractivity contribution >= 4 is 23.4 Å². The van der Waals surface area contributed by atoms with Crippen molar-refractivity contribution in [3.63, 3.8) is 0 Å². The lowest BCUT2D eigenvalue weighted by Gasteiger charge is -2.11. The van der Waals surface area contributed by atoms with Crippen molar-refractivity contribution in [2.45, 2.75) is 0 Å². The van der Waals surface area contributed by atoms with Gasteiger partial charge in [-0.15, -0.1) is 0 Å². The maximum absolute atomic E-state index is 12.2. The standard InChI is InChI=1S/C23H18N2O6/c1-29-19-4-2-3-5-20(19)30-13-21(26)24-14-6-8-15(9-7-14)31-16-10-11-17-18(12-16)23(28)25-22(17)27/h2-12H,13H2,1H3,(H,24,26)(H,25,27,28). The largest absolute Gasteiger partial charge is 0.493 e. The van der Waals surface area contributed by atoms with Crippen LogP contribution in [0.15, 0.2) is 66.7 Å². The van der Waals surface area contributed by atoms with Gasteiger partial charge >= 0.3 is 0 Å². The molecule has 0 bridgehead atoms. The van der Waals surface area contributed by atoms with Crippen LogP contribution >= 0.6 is 0 Å². The van der Waals surface area contributed by atoms with Crippen molar-refractivity contribution in [1.82, 2.24) is 5.32 Å². The number of nitrogens with one attached hydrogen (secondary N) is 2. The number of fused-ring (bicyclic) bond motifs is 1. The Bertz CT molecular complexity index is 1160. The molecule has 1 heterocycles. The van der Waals surface area contributed by atoms with Crippen molar-refractivity contribution in [2.75, 3.05) is 19.0 Å². The van der Waals surface area contributed by atoms with Gasteiger partial charge in [-0.3, -0.25) is 19.7 Å². The molecule has 0 spiro atoms. The molecule has 0 atom stereocenters. The van der Waals surface area contributed by atoms with Crippen molar-refractivity contribution in [1.29, 1.82) is 0 Å². The molecule has 3 aromatic carbocycles. The van der Waals surface area contributed by atoms with Gasteiger partial charge in [0.05, 0.1) is 18.2 Å². The summed E-state index contributed by atoms with van der Waals surface area (Å²) >= 11 is 0. The monoisotopic (exact) mass is 418 g/mol. The van der Waals surface area contributed by atoms with Crippen LogP contribution in [0.5, 0.6) is 23.0 Å². The summed E-state index contributed by atoms with van der Waals surface area (Å²) in [5.74, 6) is 0.770. The minimum Gasteiger partial charge on any atom is -0.493 e. The van der Waals surface area contributed by atoms with Gasteiger partial charge in [0, 0.05) is 5.69 Å². The molecule has 4 rings (SSSR count). The summed E-state index contributed by atoms with van der Waals surface area (Å²) < 4.78 is 16.4. The lowest BCUT2D eigenvalue weighted by atomic mass is 10.1. The Morgan fingerprint density at radius 1 is 0.871 bits per heavy atom. The second-order valence-corrected chi connectivity index (χ2v) is 6.60. The molecule has 0 aromatic heterocycles. The molecule has 8 heteroatoms. The van der Waals surface area contributed by atoms with E-state index in [1.54, 1.807) is 54.6 Å². The van der Waals surface area contributed by atoms with Crippen molar-refractivity contribution in [2.24, 2.45) is 0 Å². The predicted octanol–water partition coefficient (Wildman–Crippen LogP) is 3.39. The van der Waals surface area contributed by atoms with Gasteiger partial charge in [0.2, 0.25) is 0 Å². The van der Waals surface area contributed by atoms with Crippen LogP contribution in [0.25, 0.3) is 0 Å². The van der Waals surface area contributed by atoms with Crippen LogP contribution in [0.2, 0.25) is 0 Å². The van der Waals surface area contributed by atoms with E-state index < -0.39 is 11.8 Å². The molecule has 1 aliphatic rings. The highest BCUT2D eigenvalue weighted by Crippen LogP contribution is 2.28. The Morgan fingerprint density at radius 2 is 1.55 bits per heavy atom. The molecule has 8 nitrogen and oxygen atoms in total. The summed E-state index contributed by atoms with van der Waals surface area (Å²) in [6.07, 6.45) is 0. The average Bonchev–Trinajstić information content (AvgIpc) is 3.07. The van der Waals surface area contributed by atoms with E-state index >= 15 is 0 Å². The maximum atomic E-state index is 12.2. The van der Waals surface area contributed by atoms with Gasteiger partial charge in [0.1, 0.15) is 11.5 Å². The fourth-order valence-electron chi connectivity index (χ4n) is 3.03. The Hall–Kier alpha value is -4.33. The van der Waals surface area contributed by atoms with E-state index in [0.717, 1.165) is 0 Å². The van der Waals surface area contributed by atoms with Crippen molar-refractivity contribution in [3.05, 3.63) is 77.9 Å². The molecule has 0 aliphatic carbocycles. The van der Waals surface area contributed by atoms with Crippen LogP contribution in [0.1, 0.15) is 20.7 Å². The molecule has 156 valence electrons. The number of methoxy groups -OCH3 is 1. The Labute approximate surface area is 177 Å². The smallest absolute Gasteiger partial charge is 0.262 e. The molecule has 0 saturated heterocycles. The van der Waals surface area contributed by atoms with E-state index in [0.29, 0.717) is 34.2 Å². The fraction of sp³-hybridized carbons (Fsp3) is 0.0870. The third kappa shape index (κ3) is 4.48. The van der Waals surface area contributed by atoms with Gasteiger partial charge in [-0.05, 0) is 54.6 Å². The van der Waals surface area contributed by atoms with Crippen LogP contribution in [-0.2, 0) is 4.79 Å². The van der Waals surface area contributed by atoms with Crippen LogP contribution in [0.4, 0.5) is 5.69 Å². The zero-order valence-corrected chi connectivity index (χ0v) is 16.5. The molecule has 1 aliphatic heterocycles.